The summed E-state index contributed by atoms with van der Waals surface area (Å²) in [7, 11) is 0. The molecule has 0 radical (unpaired) electrons. The van der Waals surface area contributed by atoms with Crippen molar-refractivity contribution >= 4 is 49.6 Å². The van der Waals surface area contributed by atoms with Gasteiger partial charge in [0.1, 0.15) is 22.6 Å². The molecule has 0 spiro atoms. The van der Waals surface area contributed by atoms with Crippen molar-refractivity contribution < 1.29 is 4.74 Å². The van der Waals surface area contributed by atoms with Crippen LogP contribution < -0.4 is 0 Å². The predicted molar refractivity (Wildman–Crippen MR) is 217 cm³/mol. The number of ether oxygens (including phenoxy) is 1. The van der Waals surface area contributed by atoms with Crippen LogP contribution in [0.25, 0.3) is 55.2 Å². The number of aryl methyl sites for hydroxylation is 2. The lowest BCUT2D eigenvalue weighted by molar-refractivity contribution is 0.0475. The molecule has 0 unspecified atom stereocenters. The minimum Gasteiger partial charge on any atom is -0.468 e. The molecule has 1 aliphatic carbocycles. The van der Waals surface area contributed by atoms with E-state index < -0.39 is 11.1 Å². The van der Waals surface area contributed by atoms with E-state index in [1.807, 2.05) is 24.5 Å². The molecule has 0 saturated carbocycles. The van der Waals surface area contributed by atoms with Gasteiger partial charge in [-0.3, -0.25) is 9.13 Å². The molecule has 2 aliphatic rings. The van der Waals surface area contributed by atoms with Crippen LogP contribution >= 0.6 is 0 Å². The summed E-state index contributed by atoms with van der Waals surface area (Å²) in [5.74, 6) is 1.50. The van der Waals surface area contributed by atoms with Crippen LogP contribution in [0.15, 0.2) is 108 Å². The van der Waals surface area contributed by atoms with Crippen molar-refractivity contribution in [2.75, 3.05) is 0 Å². The normalized spacial score (nSPS) is 19.7. The molecule has 4 aromatic heterocycles. The largest absolute Gasteiger partial charge is 0.468 e. The van der Waals surface area contributed by atoms with Gasteiger partial charge in [-0.1, -0.05) is 56.7 Å². The maximum atomic E-state index is 6.88. The Hall–Kier alpha value is -5.75. The van der Waals surface area contributed by atoms with Gasteiger partial charge in [-0.25, -0.2) is 15.0 Å². The van der Waals surface area contributed by atoms with Crippen molar-refractivity contribution in [3.63, 3.8) is 0 Å². The third kappa shape index (κ3) is 4.41. The zero-order valence-corrected chi connectivity index (χ0v) is 31.7. The molecule has 0 N–H and O–H groups in total. The molecule has 53 heavy (non-hydrogen) atoms. The maximum Gasteiger partial charge on any atom is 0.217 e. The molecule has 0 amide bonds. The van der Waals surface area contributed by atoms with Crippen LogP contribution in [0.2, 0.25) is 0 Å². The number of pyridine rings is 2. The molecule has 262 valence electrons. The first-order chi connectivity index (χ1) is 25.3. The number of nitrogens with zero attached hydrogens (tertiary/aromatic N) is 5. The fraction of sp³-hybridized carbons (Fsp3) is 0.255. The van der Waals surface area contributed by atoms with Crippen LogP contribution in [0, 0.1) is 20.8 Å². The first-order valence-electron chi connectivity index (χ1n) is 18.6. The standard InChI is InChI=1S/C47H43N5O/c1-27-11-17-40-35(22-27)33-15-14-32(51-39-18-13-31(45(4,5)6)24-36(39)34-10-9-20-49-43(34)51)25-41(33)52(40)42-23-30(19-21-48-42)44-50-47(8)38-16-12-28(2)29(3)37(38)26-46(47,7)53-44/h9-25H,26H2,1-8H3/t46-,47+/m0/s1. The number of hydrogen-bond donors (Lipinski definition) is 0. The number of fused-ring (bicyclic) bond motifs is 9. The van der Waals surface area contributed by atoms with Crippen molar-refractivity contribution in [3.8, 4) is 11.5 Å². The third-order valence-electron chi connectivity index (χ3n) is 12.4. The first kappa shape index (κ1) is 31.9. The van der Waals surface area contributed by atoms with E-state index in [-0.39, 0.29) is 5.41 Å². The Bertz CT molecular complexity index is 2900. The van der Waals surface area contributed by atoms with Crippen molar-refractivity contribution in [2.45, 2.75) is 78.4 Å². The van der Waals surface area contributed by atoms with Crippen molar-refractivity contribution in [1.29, 1.82) is 0 Å². The van der Waals surface area contributed by atoms with Gasteiger partial charge in [0.25, 0.3) is 0 Å². The van der Waals surface area contributed by atoms with E-state index in [0.29, 0.717) is 5.90 Å². The predicted octanol–water partition coefficient (Wildman–Crippen LogP) is 10.9. The van der Waals surface area contributed by atoms with E-state index in [1.54, 1.807) is 0 Å². The second-order valence-corrected chi connectivity index (χ2v) is 16.7. The van der Waals surface area contributed by atoms with Gasteiger partial charge in [0.15, 0.2) is 0 Å². The van der Waals surface area contributed by atoms with Crippen LogP contribution in [-0.4, -0.2) is 30.6 Å². The Labute approximate surface area is 309 Å². The summed E-state index contributed by atoms with van der Waals surface area (Å²) < 4.78 is 11.5. The highest BCUT2D eigenvalue weighted by molar-refractivity contribution is 6.11. The third-order valence-corrected chi connectivity index (χ3v) is 12.4. The van der Waals surface area contributed by atoms with Crippen molar-refractivity contribution in [3.05, 3.63) is 142 Å². The van der Waals surface area contributed by atoms with Crippen molar-refractivity contribution in [1.82, 2.24) is 19.1 Å². The van der Waals surface area contributed by atoms with Gasteiger partial charge in [0.2, 0.25) is 5.90 Å². The zero-order valence-electron chi connectivity index (χ0n) is 31.7. The molecular formula is C47H43N5O. The monoisotopic (exact) mass is 693 g/mol. The molecule has 10 rings (SSSR count). The fourth-order valence-electron chi connectivity index (χ4n) is 8.99. The number of benzene rings is 4. The van der Waals surface area contributed by atoms with E-state index in [4.69, 9.17) is 19.7 Å². The Morgan fingerprint density at radius 3 is 2.32 bits per heavy atom. The van der Waals surface area contributed by atoms with Gasteiger partial charge in [-0.15, -0.1) is 0 Å². The van der Waals surface area contributed by atoms with E-state index in [0.717, 1.165) is 51.1 Å². The zero-order chi connectivity index (χ0) is 36.6. The summed E-state index contributed by atoms with van der Waals surface area (Å²) in [4.78, 5) is 15.3. The molecule has 2 atom stereocenters. The molecule has 6 heteroatoms. The number of aliphatic imine (C=N–C) groups is 1. The summed E-state index contributed by atoms with van der Waals surface area (Å²) in [5, 5.41) is 4.73. The van der Waals surface area contributed by atoms with E-state index >= 15 is 0 Å². The van der Waals surface area contributed by atoms with Gasteiger partial charge in [-0.05, 0) is 129 Å². The second kappa shape index (κ2) is 10.7. The van der Waals surface area contributed by atoms with Gasteiger partial charge >= 0.3 is 0 Å². The lowest BCUT2D eigenvalue weighted by Crippen LogP contribution is -2.41. The fourth-order valence-corrected chi connectivity index (χ4v) is 8.99. The summed E-state index contributed by atoms with van der Waals surface area (Å²) >= 11 is 0. The van der Waals surface area contributed by atoms with Crippen LogP contribution in [0.3, 0.4) is 0 Å². The Kier molecular flexibility index (Phi) is 6.43. The Balaban J connectivity index is 1.16. The highest BCUT2D eigenvalue weighted by Crippen LogP contribution is 2.54. The maximum absolute atomic E-state index is 6.88. The van der Waals surface area contributed by atoms with Crippen molar-refractivity contribution in [2.24, 2.45) is 4.99 Å². The highest BCUT2D eigenvalue weighted by Gasteiger charge is 2.59. The van der Waals surface area contributed by atoms with Crippen LogP contribution in [0.5, 0.6) is 0 Å². The number of hydrogen-bond acceptors (Lipinski definition) is 4. The summed E-state index contributed by atoms with van der Waals surface area (Å²) in [5.41, 5.74) is 13.2. The van der Waals surface area contributed by atoms with Crippen LogP contribution in [0.4, 0.5) is 0 Å². The molecule has 5 heterocycles. The average molecular weight is 694 g/mol. The average Bonchev–Trinajstić information content (AvgIpc) is 3.79. The van der Waals surface area contributed by atoms with E-state index in [1.165, 1.54) is 49.5 Å². The molecule has 8 aromatic rings. The van der Waals surface area contributed by atoms with Gasteiger partial charge in [-0.2, -0.15) is 0 Å². The minimum absolute atomic E-state index is 0.0380. The number of aromatic nitrogens is 4. The number of rotatable bonds is 3. The summed E-state index contributed by atoms with van der Waals surface area (Å²) in [6, 6.07) is 33.2. The summed E-state index contributed by atoms with van der Waals surface area (Å²) in [6.07, 6.45) is 4.61. The quantitative estimate of drug-likeness (QED) is 0.185. The minimum atomic E-state index is -0.469. The SMILES string of the molecule is Cc1ccc2c(c1)c1ccc(-n3c4ccc(C(C)(C)C)cc4c4cccnc43)cc1n2-c1cc(C2=N[C@]3(C)c4ccc(C)c(C)c4C[C@]3(C)O2)ccn1. The van der Waals surface area contributed by atoms with E-state index in [9.17, 15) is 0 Å². The van der Waals surface area contributed by atoms with Crippen LogP contribution in [-0.2, 0) is 22.1 Å². The smallest absolute Gasteiger partial charge is 0.217 e. The Morgan fingerprint density at radius 2 is 1.49 bits per heavy atom. The first-order valence-corrected chi connectivity index (χ1v) is 18.6. The van der Waals surface area contributed by atoms with Gasteiger partial charge < -0.3 is 4.74 Å². The molecular weight excluding hydrogens is 651 g/mol. The van der Waals surface area contributed by atoms with Gasteiger partial charge in [0, 0.05) is 51.6 Å². The lowest BCUT2D eigenvalue weighted by Gasteiger charge is -2.31. The molecule has 0 fully saturated rings. The highest BCUT2D eigenvalue weighted by atomic mass is 16.5. The lowest BCUT2D eigenvalue weighted by atomic mass is 9.84. The Morgan fingerprint density at radius 1 is 0.698 bits per heavy atom. The molecule has 4 aromatic carbocycles. The summed E-state index contributed by atoms with van der Waals surface area (Å²) in [6.45, 7) is 17.8. The van der Waals surface area contributed by atoms with E-state index in [2.05, 4.69) is 143 Å². The second-order valence-electron chi connectivity index (χ2n) is 16.7. The topological polar surface area (TPSA) is 57.2 Å². The molecule has 0 saturated heterocycles. The molecule has 6 nitrogen and oxygen atoms in total. The molecule has 1 aliphatic heterocycles. The van der Waals surface area contributed by atoms with Gasteiger partial charge in [0.05, 0.1) is 16.6 Å². The molecule has 0 bridgehead atoms. The van der Waals surface area contributed by atoms with Crippen LogP contribution in [0.1, 0.15) is 73.6 Å².